The molecule has 0 spiro atoms. The number of aromatic nitrogens is 2. The van der Waals surface area contributed by atoms with E-state index in [0.717, 1.165) is 27.5 Å². The Kier molecular flexibility index (Phi) is 11.7. The predicted molar refractivity (Wildman–Crippen MR) is 192 cm³/mol. The highest BCUT2D eigenvalue weighted by atomic mass is 16.5. The molecule has 2 heterocycles. The Bertz CT molecular complexity index is 2210. The second-order valence-corrected chi connectivity index (χ2v) is 10.7. The number of esters is 1. The number of pyridine rings is 2. The van der Waals surface area contributed by atoms with Crippen molar-refractivity contribution in [3.8, 4) is 33.8 Å². The first kappa shape index (κ1) is 35.7. The number of carboxylic acid groups (broad SMARTS) is 1. The van der Waals surface area contributed by atoms with Crippen LogP contribution >= 0.6 is 0 Å². The average Bonchev–Trinajstić information content (AvgIpc) is 3.09. The molecule has 3 N–H and O–H groups in total. The van der Waals surface area contributed by atoms with E-state index in [9.17, 15) is 19.2 Å². The van der Waals surface area contributed by atoms with Crippen LogP contribution in [0.25, 0.3) is 44.1 Å². The van der Waals surface area contributed by atoms with Crippen LogP contribution in [0.5, 0.6) is 11.5 Å². The van der Waals surface area contributed by atoms with Gasteiger partial charge in [0.25, 0.3) is 11.1 Å². The van der Waals surface area contributed by atoms with E-state index in [1.165, 1.54) is 0 Å². The molecule has 6 rings (SSSR count). The Labute approximate surface area is 282 Å². The van der Waals surface area contributed by atoms with Crippen LogP contribution in [0.2, 0.25) is 0 Å². The van der Waals surface area contributed by atoms with E-state index in [4.69, 9.17) is 19.3 Å². The highest BCUT2D eigenvalue weighted by molar-refractivity contribution is 5.99. The van der Waals surface area contributed by atoms with E-state index in [2.05, 4.69) is 9.97 Å². The van der Waals surface area contributed by atoms with Crippen LogP contribution in [-0.2, 0) is 27.2 Å². The van der Waals surface area contributed by atoms with Gasteiger partial charge in [0, 0.05) is 44.1 Å². The van der Waals surface area contributed by atoms with E-state index in [-0.39, 0.29) is 43.6 Å². The third kappa shape index (κ3) is 8.05. The van der Waals surface area contributed by atoms with Gasteiger partial charge in [0.15, 0.2) is 0 Å². The summed E-state index contributed by atoms with van der Waals surface area (Å²) in [4.78, 5) is 53.8. The van der Waals surface area contributed by atoms with Crippen molar-refractivity contribution in [3.63, 3.8) is 0 Å². The van der Waals surface area contributed by atoms with E-state index in [1.54, 1.807) is 51.5 Å². The summed E-state index contributed by atoms with van der Waals surface area (Å²) in [5, 5.41) is 10.7. The molecule has 2 aromatic heterocycles. The molecule has 0 aliphatic rings. The van der Waals surface area contributed by atoms with Crippen molar-refractivity contribution < 1.29 is 28.9 Å². The molecule has 0 bridgehead atoms. The number of rotatable bonds is 9. The second-order valence-electron chi connectivity index (χ2n) is 10.7. The Morgan fingerprint density at radius 1 is 0.653 bits per heavy atom. The van der Waals surface area contributed by atoms with Gasteiger partial charge in [-0.25, -0.2) is 0 Å². The molecule has 49 heavy (non-hydrogen) atoms. The molecule has 10 heteroatoms. The molecule has 0 amide bonds. The number of carboxylic acids is 1. The number of fused-ring (bicyclic) bond motifs is 2. The lowest BCUT2D eigenvalue weighted by Gasteiger charge is -2.13. The quantitative estimate of drug-likeness (QED) is 0.144. The number of carbonyl (C=O) groups excluding carboxylic acids is 1. The van der Waals surface area contributed by atoms with Crippen molar-refractivity contribution in [1.82, 2.24) is 9.97 Å². The molecule has 6 aromatic rings. The van der Waals surface area contributed by atoms with Crippen LogP contribution in [0.1, 0.15) is 25.5 Å². The van der Waals surface area contributed by atoms with Gasteiger partial charge in [-0.1, -0.05) is 68.1 Å². The number of carbonyl (C=O) groups is 2. The average molecular weight is 663 g/mol. The number of H-pyrrole nitrogens is 2. The number of ether oxygens (including phenoxy) is 3. The van der Waals surface area contributed by atoms with Crippen molar-refractivity contribution in [3.05, 3.63) is 129 Å². The molecule has 252 valence electrons. The highest BCUT2D eigenvalue weighted by Gasteiger charge is 2.19. The van der Waals surface area contributed by atoms with E-state index in [1.807, 2.05) is 66.7 Å². The summed E-state index contributed by atoms with van der Waals surface area (Å²) >= 11 is 0. The largest absolute Gasteiger partial charge is 0.497 e. The number of benzene rings is 4. The zero-order chi connectivity index (χ0) is 34.2. The monoisotopic (exact) mass is 662 g/mol. The Morgan fingerprint density at radius 3 is 1.47 bits per heavy atom. The summed E-state index contributed by atoms with van der Waals surface area (Å²) in [6.07, 6.45) is -0.423. The molecular weight excluding hydrogens is 624 g/mol. The van der Waals surface area contributed by atoms with Gasteiger partial charge in [-0.05, 0) is 54.4 Å². The van der Waals surface area contributed by atoms with Crippen LogP contribution in [0.4, 0.5) is 0 Å². The fourth-order valence-electron chi connectivity index (χ4n) is 5.59. The maximum Gasteiger partial charge on any atom is 0.310 e. The number of aliphatic carboxylic acids is 1. The summed E-state index contributed by atoms with van der Waals surface area (Å²) in [6.45, 7) is 2.02. The van der Waals surface area contributed by atoms with Crippen LogP contribution in [-0.4, -0.2) is 47.8 Å². The fraction of sp³-hybridized carbons (Fsp3) is 0.179. The standard InChI is InChI=1S/C20H19NO4.C18H15NO4.CH4/c1-3-25-18(22)12-16-19(13-7-5-4-6-8-13)15-11-14(24-2)9-10-17(15)21-20(16)23;1-23-12-7-8-15-13(9-12)17(11-5-3-2-4-6-11)14(10-16(20)21)18(22)19-15;/h4-11H,3,12H2,1-2H3,(H,21,23);2-9H,10H2,1H3,(H,19,22)(H,20,21);1H4. The minimum absolute atomic E-state index is 0. The minimum Gasteiger partial charge on any atom is -0.497 e. The molecule has 0 saturated carbocycles. The maximum absolute atomic E-state index is 12.6. The van der Waals surface area contributed by atoms with Crippen LogP contribution in [0.3, 0.4) is 0 Å². The SMILES string of the molecule is C.CCOC(=O)Cc1c(-c2ccccc2)c2cc(OC)ccc2[nH]c1=O.COc1ccc2[nH]c(=O)c(CC(=O)O)c(-c3ccccc3)c2c1. The Morgan fingerprint density at radius 2 is 1.08 bits per heavy atom. The molecule has 0 radical (unpaired) electrons. The van der Waals surface area contributed by atoms with Crippen molar-refractivity contribution in [2.24, 2.45) is 0 Å². The fourth-order valence-corrected chi connectivity index (χ4v) is 5.59. The number of hydrogen-bond acceptors (Lipinski definition) is 7. The molecule has 0 fully saturated rings. The first-order chi connectivity index (χ1) is 23.2. The molecule has 0 unspecified atom stereocenters. The number of methoxy groups -OCH3 is 2. The summed E-state index contributed by atoms with van der Waals surface area (Å²) < 4.78 is 15.6. The highest BCUT2D eigenvalue weighted by Crippen LogP contribution is 2.33. The molecule has 10 nitrogen and oxygen atoms in total. The maximum atomic E-state index is 12.6. The lowest BCUT2D eigenvalue weighted by molar-refractivity contribution is -0.142. The van der Waals surface area contributed by atoms with Crippen molar-refractivity contribution >= 4 is 33.7 Å². The smallest absolute Gasteiger partial charge is 0.310 e. The molecule has 0 saturated heterocycles. The Balaban J connectivity index is 0.000000217. The van der Waals surface area contributed by atoms with Gasteiger partial charge in [-0.2, -0.15) is 0 Å². The molecule has 0 aliphatic heterocycles. The van der Waals surface area contributed by atoms with E-state index in [0.29, 0.717) is 33.7 Å². The molecule has 4 aromatic carbocycles. The summed E-state index contributed by atoms with van der Waals surface area (Å²) in [7, 11) is 3.15. The summed E-state index contributed by atoms with van der Waals surface area (Å²) in [5.74, 6) is -0.149. The van der Waals surface area contributed by atoms with Gasteiger partial charge < -0.3 is 29.3 Å². The lowest BCUT2D eigenvalue weighted by atomic mass is 9.94. The minimum atomic E-state index is -1.05. The van der Waals surface area contributed by atoms with Crippen LogP contribution < -0.4 is 20.6 Å². The Hall–Kier alpha value is -6.16. The topological polar surface area (TPSA) is 148 Å². The first-order valence-electron chi connectivity index (χ1n) is 15.2. The van der Waals surface area contributed by atoms with Crippen molar-refractivity contribution in [1.29, 1.82) is 0 Å². The molecule has 0 atom stereocenters. The van der Waals surface area contributed by atoms with Gasteiger partial charge in [0.1, 0.15) is 11.5 Å². The zero-order valence-electron chi connectivity index (χ0n) is 26.7. The lowest BCUT2D eigenvalue weighted by Crippen LogP contribution is -2.19. The third-order valence-corrected chi connectivity index (χ3v) is 7.72. The predicted octanol–water partition coefficient (Wildman–Crippen LogP) is 6.78. The molecular formula is C39H38N2O8. The second kappa shape index (κ2) is 16.1. The first-order valence-corrected chi connectivity index (χ1v) is 15.2. The zero-order valence-corrected chi connectivity index (χ0v) is 26.7. The van der Waals surface area contributed by atoms with E-state index < -0.39 is 11.9 Å². The van der Waals surface area contributed by atoms with Crippen molar-refractivity contribution in [2.45, 2.75) is 27.2 Å². The van der Waals surface area contributed by atoms with E-state index >= 15 is 0 Å². The van der Waals surface area contributed by atoms with Gasteiger partial charge >= 0.3 is 11.9 Å². The van der Waals surface area contributed by atoms with Crippen LogP contribution in [0, 0.1) is 0 Å². The van der Waals surface area contributed by atoms with Gasteiger partial charge in [-0.15, -0.1) is 0 Å². The van der Waals surface area contributed by atoms with Gasteiger partial charge in [0.2, 0.25) is 0 Å². The van der Waals surface area contributed by atoms with Crippen molar-refractivity contribution in [2.75, 3.05) is 20.8 Å². The normalized spacial score (nSPS) is 10.4. The summed E-state index contributed by atoms with van der Waals surface area (Å²) in [5.41, 5.74) is 4.32. The molecule has 0 aliphatic carbocycles. The van der Waals surface area contributed by atoms with Gasteiger partial charge in [0.05, 0.1) is 33.7 Å². The number of aromatic amines is 2. The summed E-state index contributed by atoms with van der Waals surface area (Å²) in [6, 6.07) is 29.6. The van der Waals surface area contributed by atoms with Gasteiger partial charge in [-0.3, -0.25) is 19.2 Å². The third-order valence-electron chi connectivity index (χ3n) is 7.72. The number of nitrogens with one attached hydrogen (secondary N) is 2. The number of hydrogen-bond donors (Lipinski definition) is 3. The van der Waals surface area contributed by atoms with Crippen LogP contribution in [0.15, 0.2) is 107 Å².